The van der Waals surface area contributed by atoms with Gasteiger partial charge in [-0.1, -0.05) is 12.1 Å². The molecule has 0 unspecified atom stereocenters. The van der Waals surface area contributed by atoms with Gasteiger partial charge in [-0.3, -0.25) is 0 Å². The molecule has 1 atom stereocenters. The van der Waals surface area contributed by atoms with Crippen molar-refractivity contribution in [2.45, 2.75) is 19.4 Å². The fraction of sp³-hybridized carbons (Fsp3) is 0.417. The minimum absolute atomic E-state index is 0.131. The first-order chi connectivity index (χ1) is 8.66. The van der Waals surface area contributed by atoms with Crippen molar-refractivity contribution in [3.8, 4) is 0 Å². The third-order valence-corrected chi connectivity index (χ3v) is 5.22. The van der Waals surface area contributed by atoms with Gasteiger partial charge in [0.25, 0.3) is 0 Å². The third kappa shape index (κ3) is 2.30. The van der Waals surface area contributed by atoms with Gasteiger partial charge in [-0.05, 0) is 25.5 Å². The van der Waals surface area contributed by atoms with Crippen LogP contribution in [0.3, 0.4) is 0 Å². The van der Waals surface area contributed by atoms with Crippen LogP contribution in [0.5, 0.6) is 0 Å². The molecular weight excluding hydrogens is 269 g/mol. The predicted molar refractivity (Wildman–Crippen MR) is 71.7 cm³/mol. The molecule has 1 aliphatic heterocycles. The summed E-state index contributed by atoms with van der Waals surface area (Å²) >= 11 is 0. The Morgan fingerprint density at radius 3 is 2.63 bits per heavy atom. The number of rotatable bonds is 1. The fourth-order valence-corrected chi connectivity index (χ4v) is 3.59. The maximum Gasteiger partial charge on any atom is 0.239 e. The fourth-order valence-electron chi connectivity index (χ4n) is 2.14. The Morgan fingerprint density at radius 2 is 2.11 bits per heavy atom. The van der Waals surface area contributed by atoms with E-state index >= 15 is 0 Å². The Morgan fingerprint density at radius 1 is 1.47 bits per heavy atom. The van der Waals surface area contributed by atoms with Crippen LogP contribution in [0.4, 0.5) is 4.39 Å². The Bertz CT molecular complexity index is 657. The molecule has 1 heterocycles. The second-order valence-corrected chi connectivity index (χ2v) is 6.95. The molecule has 0 aliphatic carbocycles. The maximum absolute atomic E-state index is 14.0. The van der Waals surface area contributed by atoms with E-state index in [4.69, 9.17) is 5.73 Å². The summed E-state index contributed by atoms with van der Waals surface area (Å²) < 4.78 is 39.0. The lowest BCUT2D eigenvalue weighted by atomic mass is 9.93. The number of aliphatic imine (C=N–C) groups is 1. The summed E-state index contributed by atoms with van der Waals surface area (Å²) in [7, 11) is -2.25. The molecule has 1 aromatic rings. The van der Waals surface area contributed by atoms with Crippen LogP contribution in [-0.2, 0) is 15.6 Å². The molecule has 19 heavy (non-hydrogen) atoms. The molecule has 0 fully saturated rings. The van der Waals surface area contributed by atoms with Gasteiger partial charge in [0.05, 0.1) is 5.75 Å². The molecule has 1 aromatic carbocycles. The minimum atomic E-state index is -3.58. The van der Waals surface area contributed by atoms with Gasteiger partial charge < -0.3 is 5.73 Å². The van der Waals surface area contributed by atoms with Crippen molar-refractivity contribution >= 4 is 16.0 Å². The molecule has 5 nitrogen and oxygen atoms in total. The molecule has 0 aromatic heterocycles. The zero-order chi connectivity index (χ0) is 14.4. The molecule has 1 aliphatic rings. The van der Waals surface area contributed by atoms with E-state index in [1.807, 2.05) is 0 Å². The van der Waals surface area contributed by atoms with Gasteiger partial charge in [0.1, 0.15) is 11.4 Å². The van der Waals surface area contributed by atoms with E-state index in [-0.39, 0.29) is 17.3 Å². The third-order valence-electron chi connectivity index (χ3n) is 3.27. The average Bonchev–Trinajstić information content (AvgIpc) is 2.24. The number of guanidine groups is 1. The molecule has 2 rings (SSSR count). The van der Waals surface area contributed by atoms with Gasteiger partial charge in [-0.15, -0.1) is 0 Å². The van der Waals surface area contributed by atoms with Gasteiger partial charge in [-0.25, -0.2) is 22.1 Å². The number of nitrogens with zero attached hydrogens (tertiary/aromatic N) is 2. The Kier molecular flexibility index (Phi) is 3.04. The van der Waals surface area contributed by atoms with Crippen LogP contribution in [0.25, 0.3) is 0 Å². The van der Waals surface area contributed by atoms with E-state index in [1.54, 1.807) is 26.0 Å². The Balaban J connectivity index is 2.61. The molecule has 0 radical (unpaired) electrons. The van der Waals surface area contributed by atoms with Gasteiger partial charge >= 0.3 is 0 Å². The summed E-state index contributed by atoms with van der Waals surface area (Å²) in [5.41, 5.74) is 5.42. The summed E-state index contributed by atoms with van der Waals surface area (Å²) in [4.78, 5) is 4.15. The summed E-state index contributed by atoms with van der Waals surface area (Å²) in [5.74, 6) is -0.912. The smallest absolute Gasteiger partial charge is 0.239 e. The van der Waals surface area contributed by atoms with E-state index in [9.17, 15) is 12.8 Å². The largest absolute Gasteiger partial charge is 0.369 e. The van der Waals surface area contributed by atoms with E-state index < -0.39 is 21.4 Å². The number of benzene rings is 1. The lowest BCUT2D eigenvalue weighted by Crippen LogP contribution is -2.50. The van der Waals surface area contributed by atoms with Gasteiger partial charge in [0.15, 0.2) is 0 Å². The second-order valence-electron chi connectivity index (χ2n) is 4.95. The number of halogens is 1. The van der Waals surface area contributed by atoms with Gasteiger partial charge in [0, 0.05) is 12.6 Å². The van der Waals surface area contributed by atoms with Crippen molar-refractivity contribution in [2.75, 3.05) is 12.8 Å². The topological polar surface area (TPSA) is 75.8 Å². The first-order valence-corrected chi connectivity index (χ1v) is 7.35. The van der Waals surface area contributed by atoms with Gasteiger partial charge in [0.2, 0.25) is 16.0 Å². The molecule has 7 heteroatoms. The van der Waals surface area contributed by atoms with Crippen LogP contribution in [0, 0.1) is 12.7 Å². The Labute approximate surface area is 112 Å². The van der Waals surface area contributed by atoms with E-state index in [1.165, 1.54) is 13.1 Å². The lowest BCUT2D eigenvalue weighted by Gasteiger charge is -2.34. The molecular formula is C12H16FN3O2S. The number of nitrogens with two attached hydrogens (primary N) is 1. The van der Waals surface area contributed by atoms with Crippen molar-refractivity contribution in [1.82, 2.24) is 4.31 Å². The summed E-state index contributed by atoms with van der Waals surface area (Å²) in [6.45, 7) is 3.33. The number of sulfonamides is 1. The highest BCUT2D eigenvalue weighted by atomic mass is 32.2. The average molecular weight is 285 g/mol. The summed E-state index contributed by atoms with van der Waals surface area (Å²) in [6.07, 6.45) is 0. The first-order valence-electron chi connectivity index (χ1n) is 5.74. The van der Waals surface area contributed by atoms with E-state index in [0.29, 0.717) is 0 Å². The number of hydrogen-bond acceptors (Lipinski definition) is 4. The molecule has 0 bridgehead atoms. The van der Waals surface area contributed by atoms with Crippen molar-refractivity contribution < 1.29 is 12.8 Å². The zero-order valence-electron chi connectivity index (χ0n) is 11.0. The molecule has 2 N–H and O–H groups in total. The molecule has 0 saturated heterocycles. The van der Waals surface area contributed by atoms with E-state index in [0.717, 1.165) is 9.87 Å². The van der Waals surface area contributed by atoms with Crippen LogP contribution < -0.4 is 5.73 Å². The molecule has 0 amide bonds. The van der Waals surface area contributed by atoms with Gasteiger partial charge in [-0.2, -0.15) is 0 Å². The van der Waals surface area contributed by atoms with Crippen LogP contribution >= 0.6 is 0 Å². The standard InChI is InChI=1S/C12H16FN3O2S/c1-8-4-5-9(10(13)6-8)12(2)7-19(17,18)16(3)11(14)15-12/h4-6H,7H2,1-3H3,(H2,14,15)/t12-/m0/s1. The molecule has 0 saturated carbocycles. The summed E-state index contributed by atoms with van der Waals surface area (Å²) in [6, 6.07) is 4.64. The normalized spacial score (nSPS) is 26.1. The first kappa shape index (κ1) is 13.8. The van der Waals surface area contributed by atoms with Crippen LogP contribution in [0.1, 0.15) is 18.1 Å². The quantitative estimate of drug-likeness (QED) is 0.834. The molecule has 0 spiro atoms. The lowest BCUT2D eigenvalue weighted by molar-refractivity contribution is 0.458. The van der Waals surface area contributed by atoms with E-state index in [2.05, 4.69) is 4.99 Å². The van der Waals surface area contributed by atoms with Crippen LogP contribution in [0.2, 0.25) is 0 Å². The highest BCUT2D eigenvalue weighted by Crippen LogP contribution is 2.33. The zero-order valence-corrected chi connectivity index (χ0v) is 11.8. The van der Waals surface area contributed by atoms with Crippen molar-refractivity contribution in [1.29, 1.82) is 0 Å². The van der Waals surface area contributed by atoms with Crippen LogP contribution in [-0.4, -0.2) is 31.5 Å². The second kappa shape index (κ2) is 4.19. The summed E-state index contributed by atoms with van der Waals surface area (Å²) in [5, 5.41) is 0. The van der Waals surface area contributed by atoms with Crippen molar-refractivity contribution in [3.05, 3.63) is 35.1 Å². The SMILES string of the molecule is Cc1ccc([C@]2(C)CS(=O)(=O)N(C)C(N)=N2)c(F)c1. The predicted octanol–water partition coefficient (Wildman–Crippen LogP) is 0.939. The number of aryl methyl sites for hydroxylation is 1. The van der Waals surface area contributed by atoms with Crippen molar-refractivity contribution in [2.24, 2.45) is 10.7 Å². The monoisotopic (exact) mass is 285 g/mol. The highest BCUT2D eigenvalue weighted by molar-refractivity contribution is 7.89. The van der Waals surface area contributed by atoms with Crippen molar-refractivity contribution in [3.63, 3.8) is 0 Å². The maximum atomic E-state index is 14.0. The Hall–Kier alpha value is -1.63. The highest BCUT2D eigenvalue weighted by Gasteiger charge is 2.41. The number of hydrogen-bond donors (Lipinski definition) is 1. The van der Waals surface area contributed by atoms with Crippen LogP contribution in [0.15, 0.2) is 23.2 Å². The molecule has 104 valence electrons. The minimum Gasteiger partial charge on any atom is -0.369 e.